The largest absolute Gasteiger partial charge is 0.479 e. The van der Waals surface area contributed by atoms with Crippen LogP contribution in [0.3, 0.4) is 0 Å². The summed E-state index contributed by atoms with van der Waals surface area (Å²) in [5, 5.41) is 8.89. The van der Waals surface area contributed by atoms with Crippen molar-refractivity contribution in [2.75, 3.05) is 7.11 Å². The first-order chi connectivity index (χ1) is 14.7. The fourth-order valence-corrected chi connectivity index (χ4v) is 3.71. The molecule has 1 atom stereocenters. The van der Waals surface area contributed by atoms with Gasteiger partial charge in [0.1, 0.15) is 0 Å². The van der Waals surface area contributed by atoms with Crippen LogP contribution in [0, 0.1) is 0 Å². The van der Waals surface area contributed by atoms with E-state index in [4.69, 9.17) is 9.84 Å². The first-order valence-electron chi connectivity index (χ1n) is 12.8. The average molecular weight is 423 g/mol. The molecule has 0 unspecified atom stereocenters. The van der Waals surface area contributed by atoms with Crippen molar-refractivity contribution in [1.29, 1.82) is 0 Å². The van der Waals surface area contributed by atoms with E-state index >= 15 is 0 Å². The highest BCUT2D eigenvalue weighted by atomic mass is 16.5. The second-order valence-electron chi connectivity index (χ2n) is 8.54. The van der Waals surface area contributed by atoms with Gasteiger partial charge in [-0.15, -0.1) is 0 Å². The monoisotopic (exact) mass is 422 g/mol. The van der Waals surface area contributed by atoms with E-state index in [0.717, 1.165) is 19.3 Å². The summed E-state index contributed by atoms with van der Waals surface area (Å²) in [6.07, 6.45) is 32.5. The molecule has 0 amide bonds. The van der Waals surface area contributed by atoms with Crippen LogP contribution in [0.4, 0.5) is 0 Å². The van der Waals surface area contributed by atoms with Gasteiger partial charge in [0.2, 0.25) is 0 Å². The first kappa shape index (κ1) is 28.9. The van der Waals surface area contributed by atoms with Crippen molar-refractivity contribution in [3.8, 4) is 0 Å². The maximum Gasteiger partial charge on any atom is 0.332 e. The number of methoxy groups -OCH3 is 1. The van der Waals surface area contributed by atoms with Crippen LogP contribution in [0.2, 0.25) is 0 Å². The quantitative estimate of drug-likeness (QED) is 0.132. The van der Waals surface area contributed by atoms with Gasteiger partial charge in [0.15, 0.2) is 6.10 Å². The van der Waals surface area contributed by atoms with Gasteiger partial charge in [-0.05, 0) is 38.5 Å². The molecule has 0 aliphatic carbocycles. The maximum atomic E-state index is 10.8. The molecule has 0 aromatic rings. The Balaban J connectivity index is 3.25. The zero-order valence-corrected chi connectivity index (χ0v) is 20.1. The van der Waals surface area contributed by atoms with Crippen molar-refractivity contribution in [3.63, 3.8) is 0 Å². The molecule has 0 rings (SSSR count). The van der Waals surface area contributed by atoms with E-state index in [1.165, 1.54) is 103 Å². The number of aliphatic carboxylic acids is 1. The van der Waals surface area contributed by atoms with Crippen LogP contribution in [0.25, 0.3) is 0 Å². The third kappa shape index (κ3) is 21.6. The minimum atomic E-state index is -0.877. The molecule has 0 saturated carbocycles. The van der Waals surface area contributed by atoms with Gasteiger partial charge in [0.05, 0.1) is 0 Å². The molecule has 30 heavy (non-hydrogen) atoms. The summed E-state index contributed by atoms with van der Waals surface area (Å²) >= 11 is 0. The molecule has 0 bridgehead atoms. The van der Waals surface area contributed by atoms with Crippen LogP contribution in [0.5, 0.6) is 0 Å². The summed E-state index contributed by atoms with van der Waals surface area (Å²) in [7, 11) is 1.45. The summed E-state index contributed by atoms with van der Waals surface area (Å²) < 4.78 is 4.91. The minimum absolute atomic E-state index is 0.539. The Bertz CT molecular complexity index is 414. The number of hydrogen-bond donors (Lipinski definition) is 1. The number of allylic oxidation sites excluding steroid dienone is 4. The SMILES string of the molecule is CCCCCCCCCCCCCCCCC=CCCC=CCC[C@@H](OC)C(=O)O. The van der Waals surface area contributed by atoms with Crippen LogP contribution in [0.1, 0.15) is 129 Å². The van der Waals surface area contributed by atoms with Crippen molar-refractivity contribution in [1.82, 2.24) is 0 Å². The third-order valence-electron chi connectivity index (χ3n) is 5.71. The van der Waals surface area contributed by atoms with Crippen LogP contribution in [0.15, 0.2) is 24.3 Å². The number of unbranched alkanes of at least 4 members (excludes halogenated alkanes) is 15. The fourth-order valence-electron chi connectivity index (χ4n) is 3.71. The lowest BCUT2D eigenvalue weighted by molar-refractivity contribution is -0.148. The summed E-state index contributed by atoms with van der Waals surface area (Å²) in [4.78, 5) is 10.8. The van der Waals surface area contributed by atoms with Gasteiger partial charge in [-0.2, -0.15) is 0 Å². The second kappa shape index (κ2) is 24.2. The number of carbonyl (C=O) groups is 1. The van der Waals surface area contributed by atoms with Crippen molar-refractivity contribution in [3.05, 3.63) is 24.3 Å². The normalized spacial score (nSPS) is 12.9. The molecule has 0 aromatic carbocycles. The molecule has 0 aromatic heterocycles. The summed E-state index contributed by atoms with van der Waals surface area (Å²) in [5.41, 5.74) is 0. The van der Waals surface area contributed by atoms with Gasteiger partial charge in [-0.3, -0.25) is 0 Å². The topological polar surface area (TPSA) is 46.5 Å². The van der Waals surface area contributed by atoms with Gasteiger partial charge in [-0.25, -0.2) is 4.79 Å². The summed E-state index contributed by atoms with van der Waals surface area (Å²) in [6, 6.07) is 0. The lowest BCUT2D eigenvalue weighted by atomic mass is 10.0. The number of hydrogen-bond acceptors (Lipinski definition) is 2. The minimum Gasteiger partial charge on any atom is -0.479 e. The highest BCUT2D eigenvalue weighted by molar-refractivity contribution is 5.72. The van der Waals surface area contributed by atoms with E-state index in [9.17, 15) is 4.79 Å². The second-order valence-corrected chi connectivity index (χ2v) is 8.54. The Morgan fingerprint density at radius 3 is 1.50 bits per heavy atom. The van der Waals surface area contributed by atoms with E-state index in [-0.39, 0.29) is 0 Å². The van der Waals surface area contributed by atoms with Crippen LogP contribution in [-0.4, -0.2) is 24.3 Å². The van der Waals surface area contributed by atoms with Crippen molar-refractivity contribution in [2.45, 2.75) is 135 Å². The van der Waals surface area contributed by atoms with Crippen LogP contribution >= 0.6 is 0 Å². The third-order valence-corrected chi connectivity index (χ3v) is 5.71. The van der Waals surface area contributed by atoms with Crippen molar-refractivity contribution < 1.29 is 14.6 Å². The molecule has 0 spiro atoms. The van der Waals surface area contributed by atoms with E-state index in [2.05, 4.69) is 31.2 Å². The van der Waals surface area contributed by atoms with Gasteiger partial charge >= 0.3 is 5.97 Å². The molecular weight excluding hydrogens is 372 g/mol. The fraction of sp³-hybridized carbons (Fsp3) is 0.815. The van der Waals surface area contributed by atoms with Gasteiger partial charge in [0.25, 0.3) is 0 Å². The maximum absolute atomic E-state index is 10.8. The van der Waals surface area contributed by atoms with E-state index in [0.29, 0.717) is 6.42 Å². The molecule has 0 aliphatic heterocycles. The average Bonchev–Trinajstić information content (AvgIpc) is 2.74. The molecule has 1 N–H and O–H groups in total. The lowest BCUT2D eigenvalue weighted by Gasteiger charge is -2.07. The summed E-state index contributed by atoms with van der Waals surface area (Å²) in [6.45, 7) is 2.28. The molecule has 0 aliphatic rings. The Morgan fingerprint density at radius 1 is 0.667 bits per heavy atom. The zero-order chi connectivity index (χ0) is 22.1. The summed E-state index contributed by atoms with van der Waals surface area (Å²) in [5.74, 6) is -0.877. The predicted octanol–water partition coefficient (Wildman–Crippen LogP) is 8.63. The number of ether oxygens (including phenoxy) is 1. The number of carboxylic acid groups (broad SMARTS) is 1. The molecule has 0 fully saturated rings. The molecule has 0 radical (unpaired) electrons. The van der Waals surface area contributed by atoms with E-state index in [1.54, 1.807) is 0 Å². The lowest BCUT2D eigenvalue weighted by Crippen LogP contribution is -2.21. The highest BCUT2D eigenvalue weighted by Gasteiger charge is 2.14. The standard InChI is InChI=1S/C27H50O3/c1-3-4-5-6-7-8-9-10-11-12-13-14-15-16-17-18-19-20-21-22-23-24-25-26(30-2)27(28)29/h18-19,22-23,26H,3-17,20-21,24-25H2,1-2H3,(H,28,29)/t26-/m1/s1. The Morgan fingerprint density at radius 2 is 1.07 bits per heavy atom. The van der Waals surface area contributed by atoms with Gasteiger partial charge in [-0.1, -0.05) is 115 Å². The van der Waals surface area contributed by atoms with Crippen LogP contribution in [-0.2, 0) is 9.53 Å². The van der Waals surface area contributed by atoms with Crippen LogP contribution < -0.4 is 0 Å². The predicted molar refractivity (Wildman–Crippen MR) is 130 cm³/mol. The Kier molecular flexibility index (Phi) is 23.3. The molecule has 0 saturated heterocycles. The van der Waals surface area contributed by atoms with E-state index in [1.807, 2.05) is 0 Å². The Labute approximate surface area is 187 Å². The molecule has 3 nitrogen and oxygen atoms in total. The molecule has 3 heteroatoms. The molecule has 176 valence electrons. The highest BCUT2D eigenvalue weighted by Crippen LogP contribution is 2.13. The zero-order valence-electron chi connectivity index (χ0n) is 20.1. The molecular formula is C27H50O3. The Hall–Kier alpha value is -1.09. The van der Waals surface area contributed by atoms with Gasteiger partial charge < -0.3 is 9.84 Å². The van der Waals surface area contributed by atoms with Crippen molar-refractivity contribution >= 4 is 5.97 Å². The first-order valence-corrected chi connectivity index (χ1v) is 12.8. The molecule has 0 heterocycles. The number of carboxylic acids is 1. The number of rotatable bonds is 23. The van der Waals surface area contributed by atoms with Crippen molar-refractivity contribution in [2.24, 2.45) is 0 Å². The van der Waals surface area contributed by atoms with Gasteiger partial charge in [0, 0.05) is 7.11 Å². The van der Waals surface area contributed by atoms with E-state index < -0.39 is 12.1 Å². The smallest absolute Gasteiger partial charge is 0.332 e.